The zero-order chi connectivity index (χ0) is 9.56. The van der Waals surface area contributed by atoms with E-state index in [2.05, 4.69) is 10.2 Å². The molecule has 0 aliphatic heterocycles. The number of carbonyl (C=O) groups is 2. The van der Waals surface area contributed by atoms with Crippen molar-refractivity contribution in [2.75, 3.05) is 6.54 Å². The summed E-state index contributed by atoms with van der Waals surface area (Å²) in [6.07, 6.45) is -0.826. The Hall–Kier alpha value is -1.14. The van der Waals surface area contributed by atoms with Gasteiger partial charge in [-0.05, 0) is 13.8 Å². The molecule has 0 spiro atoms. The zero-order valence-corrected chi connectivity index (χ0v) is 7.09. The van der Waals surface area contributed by atoms with Gasteiger partial charge in [-0.2, -0.15) is 0 Å². The van der Waals surface area contributed by atoms with E-state index in [9.17, 15) is 9.59 Å². The van der Waals surface area contributed by atoms with Crippen LogP contribution in [0.1, 0.15) is 13.8 Å². The van der Waals surface area contributed by atoms with Gasteiger partial charge in [-0.15, -0.1) is 0 Å². The number of urea groups is 1. The maximum absolute atomic E-state index is 10.9. The number of imide groups is 1. The van der Waals surface area contributed by atoms with Gasteiger partial charge < -0.3 is 5.32 Å². The summed E-state index contributed by atoms with van der Waals surface area (Å²) in [5, 5.41) is 4.43. The van der Waals surface area contributed by atoms with Crippen molar-refractivity contribution in [1.29, 1.82) is 0 Å². The van der Waals surface area contributed by atoms with Crippen LogP contribution in [-0.2, 0) is 9.63 Å². The van der Waals surface area contributed by atoms with Crippen LogP contribution in [0.15, 0.2) is 0 Å². The summed E-state index contributed by atoms with van der Waals surface area (Å²) in [5.74, 6) is 4.16. The molecule has 0 heterocycles. The van der Waals surface area contributed by atoms with Crippen molar-refractivity contribution in [3.63, 3.8) is 0 Å². The van der Waals surface area contributed by atoms with E-state index in [0.29, 0.717) is 6.54 Å². The van der Waals surface area contributed by atoms with Gasteiger partial charge in [0.25, 0.3) is 5.91 Å². The summed E-state index contributed by atoms with van der Waals surface area (Å²) in [7, 11) is 0. The number of nitrogens with one attached hydrogen (secondary N) is 2. The Morgan fingerprint density at radius 3 is 2.58 bits per heavy atom. The lowest BCUT2D eigenvalue weighted by molar-refractivity contribution is -0.130. The Kier molecular flexibility index (Phi) is 4.98. The predicted molar refractivity (Wildman–Crippen MR) is 41.9 cm³/mol. The van der Waals surface area contributed by atoms with Crippen molar-refractivity contribution in [2.24, 2.45) is 5.90 Å². The van der Waals surface area contributed by atoms with Crippen LogP contribution in [0, 0.1) is 0 Å². The molecule has 0 fully saturated rings. The first-order chi connectivity index (χ1) is 5.61. The Morgan fingerprint density at radius 1 is 1.58 bits per heavy atom. The highest BCUT2D eigenvalue weighted by molar-refractivity contribution is 5.96. The molecule has 0 aliphatic rings. The fourth-order valence-electron chi connectivity index (χ4n) is 0.480. The number of hydrogen-bond donors (Lipinski definition) is 3. The first-order valence-electron chi connectivity index (χ1n) is 3.56. The summed E-state index contributed by atoms with van der Waals surface area (Å²) in [6.45, 7) is 3.64. The molecule has 0 bridgehead atoms. The molecule has 1 unspecified atom stereocenters. The second kappa shape index (κ2) is 5.50. The van der Waals surface area contributed by atoms with Crippen LogP contribution in [0.25, 0.3) is 0 Å². The van der Waals surface area contributed by atoms with Crippen LogP contribution in [0.2, 0.25) is 0 Å². The Labute approximate surface area is 70.4 Å². The van der Waals surface area contributed by atoms with Gasteiger partial charge in [-0.1, -0.05) is 0 Å². The van der Waals surface area contributed by atoms with Crippen LogP contribution >= 0.6 is 0 Å². The summed E-state index contributed by atoms with van der Waals surface area (Å²) >= 11 is 0. The molecule has 6 nitrogen and oxygen atoms in total. The van der Waals surface area contributed by atoms with Crippen molar-refractivity contribution in [3.05, 3.63) is 0 Å². The fraction of sp³-hybridized carbons (Fsp3) is 0.667. The summed E-state index contributed by atoms with van der Waals surface area (Å²) < 4.78 is 0. The van der Waals surface area contributed by atoms with Crippen LogP contribution in [0.4, 0.5) is 4.79 Å². The van der Waals surface area contributed by atoms with Gasteiger partial charge in [0.1, 0.15) is 0 Å². The molecule has 6 heteroatoms. The second-order valence-corrected chi connectivity index (χ2v) is 2.13. The Morgan fingerprint density at radius 2 is 2.17 bits per heavy atom. The van der Waals surface area contributed by atoms with E-state index in [1.807, 2.05) is 5.32 Å². The quantitative estimate of drug-likeness (QED) is 0.485. The molecule has 0 saturated heterocycles. The van der Waals surface area contributed by atoms with E-state index in [1.165, 1.54) is 6.92 Å². The van der Waals surface area contributed by atoms with Crippen molar-refractivity contribution >= 4 is 11.9 Å². The average Bonchev–Trinajstić information content (AvgIpc) is 2.03. The highest BCUT2D eigenvalue weighted by Crippen LogP contribution is 1.83. The minimum atomic E-state index is -0.826. The van der Waals surface area contributed by atoms with Crippen LogP contribution in [0.5, 0.6) is 0 Å². The molecule has 12 heavy (non-hydrogen) atoms. The van der Waals surface area contributed by atoms with Gasteiger partial charge in [0.2, 0.25) is 0 Å². The zero-order valence-electron chi connectivity index (χ0n) is 7.09. The molecule has 1 atom stereocenters. The monoisotopic (exact) mass is 175 g/mol. The molecule has 0 aromatic carbocycles. The smallest absolute Gasteiger partial charge is 0.321 e. The number of nitrogens with two attached hydrogens (primary N) is 1. The molecule has 70 valence electrons. The minimum absolute atomic E-state index is 0.455. The molecule has 0 aromatic heterocycles. The van der Waals surface area contributed by atoms with Gasteiger partial charge in [-0.3, -0.25) is 14.9 Å². The standard InChI is InChI=1S/C6H13N3O3/c1-3-8-6(11)9-5(10)4(2)12-7/h4H,3,7H2,1-2H3,(H2,8,9,10,11). The first-order valence-corrected chi connectivity index (χ1v) is 3.56. The maximum Gasteiger partial charge on any atom is 0.321 e. The number of carbonyl (C=O) groups excluding carboxylic acids is 2. The number of hydrogen-bond acceptors (Lipinski definition) is 4. The van der Waals surface area contributed by atoms with E-state index in [1.54, 1.807) is 6.92 Å². The minimum Gasteiger partial charge on any atom is -0.338 e. The third-order valence-corrected chi connectivity index (χ3v) is 1.15. The molecule has 0 radical (unpaired) electrons. The molecule has 0 rings (SSSR count). The summed E-state index contributed by atoms with van der Waals surface area (Å²) in [4.78, 5) is 25.8. The van der Waals surface area contributed by atoms with Crippen LogP contribution < -0.4 is 16.5 Å². The third kappa shape index (κ3) is 3.89. The SMILES string of the molecule is CCNC(=O)NC(=O)C(C)ON. The molecule has 0 saturated carbocycles. The second-order valence-electron chi connectivity index (χ2n) is 2.13. The Balaban J connectivity index is 3.76. The number of rotatable bonds is 3. The first kappa shape index (κ1) is 10.9. The van der Waals surface area contributed by atoms with Gasteiger partial charge in [0.15, 0.2) is 6.10 Å². The highest BCUT2D eigenvalue weighted by Gasteiger charge is 2.14. The average molecular weight is 175 g/mol. The van der Waals surface area contributed by atoms with Gasteiger partial charge >= 0.3 is 6.03 Å². The van der Waals surface area contributed by atoms with E-state index < -0.39 is 18.0 Å². The van der Waals surface area contributed by atoms with Crippen LogP contribution in [-0.4, -0.2) is 24.6 Å². The van der Waals surface area contributed by atoms with Crippen LogP contribution in [0.3, 0.4) is 0 Å². The fourth-order valence-corrected chi connectivity index (χ4v) is 0.480. The van der Waals surface area contributed by atoms with Gasteiger partial charge in [0, 0.05) is 6.54 Å². The topological polar surface area (TPSA) is 93.5 Å². The molecular formula is C6H13N3O3. The lowest BCUT2D eigenvalue weighted by Gasteiger charge is -2.08. The van der Waals surface area contributed by atoms with Crippen molar-refractivity contribution < 1.29 is 14.4 Å². The summed E-state index contributed by atoms with van der Waals surface area (Å²) in [5.41, 5.74) is 0. The molecular weight excluding hydrogens is 162 g/mol. The normalized spacial score (nSPS) is 11.9. The highest BCUT2D eigenvalue weighted by atomic mass is 16.6. The molecule has 4 N–H and O–H groups in total. The van der Waals surface area contributed by atoms with Gasteiger partial charge in [0.05, 0.1) is 0 Å². The Bertz CT molecular complexity index is 171. The number of amides is 3. The van der Waals surface area contributed by atoms with Crippen molar-refractivity contribution in [1.82, 2.24) is 10.6 Å². The third-order valence-electron chi connectivity index (χ3n) is 1.15. The van der Waals surface area contributed by atoms with Crippen molar-refractivity contribution in [3.8, 4) is 0 Å². The van der Waals surface area contributed by atoms with E-state index >= 15 is 0 Å². The maximum atomic E-state index is 10.9. The van der Waals surface area contributed by atoms with E-state index in [-0.39, 0.29) is 0 Å². The predicted octanol–water partition coefficient (Wildman–Crippen LogP) is -0.889. The van der Waals surface area contributed by atoms with E-state index in [4.69, 9.17) is 5.90 Å². The molecule has 0 aliphatic carbocycles. The van der Waals surface area contributed by atoms with Gasteiger partial charge in [-0.25, -0.2) is 10.7 Å². The summed E-state index contributed by atoms with van der Waals surface area (Å²) in [6, 6.07) is -0.550. The molecule has 0 aromatic rings. The lowest BCUT2D eigenvalue weighted by atomic mass is 10.4. The van der Waals surface area contributed by atoms with E-state index in [0.717, 1.165) is 0 Å². The lowest BCUT2D eigenvalue weighted by Crippen LogP contribution is -2.44. The van der Waals surface area contributed by atoms with Crippen molar-refractivity contribution in [2.45, 2.75) is 20.0 Å². The largest absolute Gasteiger partial charge is 0.338 e. The molecule has 3 amide bonds.